The number of pyridine rings is 1. The first kappa shape index (κ1) is 23.3. The summed E-state index contributed by atoms with van der Waals surface area (Å²) in [5.74, 6) is 0.0848. The summed E-state index contributed by atoms with van der Waals surface area (Å²) < 4.78 is 63.1. The normalized spacial score (nSPS) is 11.8. The van der Waals surface area contributed by atoms with E-state index in [0.717, 1.165) is 17.8 Å². The van der Waals surface area contributed by atoms with E-state index in [1.54, 1.807) is 46.8 Å². The molecule has 0 saturated heterocycles. The maximum absolute atomic E-state index is 14.6. The predicted octanol–water partition coefficient (Wildman–Crippen LogP) is 6.04. The van der Waals surface area contributed by atoms with Crippen molar-refractivity contribution in [2.45, 2.75) is 13.1 Å². The summed E-state index contributed by atoms with van der Waals surface area (Å²) in [6, 6.07) is 11.1. The number of ether oxygens (including phenoxy) is 1. The van der Waals surface area contributed by atoms with Crippen molar-refractivity contribution in [2.75, 3.05) is 12.4 Å². The molecule has 0 saturated carbocycles. The Morgan fingerprint density at radius 2 is 1.83 bits per heavy atom. The van der Waals surface area contributed by atoms with Gasteiger partial charge in [0.1, 0.15) is 28.7 Å². The van der Waals surface area contributed by atoms with E-state index in [-0.39, 0.29) is 11.4 Å². The second-order valence-corrected chi connectivity index (χ2v) is 8.13. The van der Waals surface area contributed by atoms with Crippen LogP contribution in [-0.2, 0) is 13.2 Å². The van der Waals surface area contributed by atoms with Crippen LogP contribution < -0.4 is 10.1 Å². The van der Waals surface area contributed by atoms with E-state index >= 15 is 0 Å². The molecule has 0 aliphatic rings. The third kappa shape index (κ3) is 4.12. The molecule has 3 heterocycles. The van der Waals surface area contributed by atoms with Crippen LogP contribution in [0.25, 0.3) is 28.1 Å². The minimum atomic E-state index is -4.61. The van der Waals surface area contributed by atoms with Crippen molar-refractivity contribution in [2.24, 2.45) is 7.05 Å². The average molecular weight is 496 g/mol. The first-order chi connectivity index (χ1) is 17.2. The number of fused-ring (bicyclic) bond motifs is 1. The van der Waals surface area contributed by atoms with Gasteiger partial charge in [-0.3, -0.25) is 0 Å². The van der Waals surface area contributed by atoms with Gasteiger partial charge >= 0.3 is 6.18 Å². The lowest BCUT2D eigenvalue weighted by molar-refractivity contribution is -0.137. The van der Waals surface area contributed by atoms with E-state index in [9.17, 15) is 17.6 Å². The van der Waals surface area contributed by atoms with Crippen LogP contribution in [0.5, 0.6) is 5.88 Å². The molecular formula is C25H20F4N6O. The molecule has 0 atom stereocenters. The molecule has 0 spiro atoms. The number of benzene rings is 2. The van der Waals surface area contributed by atoms with Crippen molar-refractivity contribution in [3.05, 3.63) is 78.1 Å². The number of imidazole rings is 2. The van der Waals surface area contributed by atoms with Crippen LogP contribution in [0, 0.1) is 12.7 Å². The maximum atomic E-state index is 14.6. The summed E-state index contributed by atoms with van der Waals surface area (Å²) in [5.41, 5.74) is 1.94. The summed E-state index contributed by atoms with van der Waals surface area (Å²) >= 11 is 0. The fraction of sp³-hybridized carbons (Fsp3) is 0.160. The molecule has 36 heavy (non-hydrogen) atoms. The Balaban J connectivity index is 1.55. The number of hydrogen-bond acceptors (Lipinski definition) is 5. The summed E-state index contributed by atoms with van der Waals surface area (Å²) in [7, 11) is 3.13. The molecule has 0 bridgehead atoms. The molecule has 5 aromatic rings. The van der Waals surface area contributed by atoms with Crippen molar-refractivity contribution in [3.8, 4) is 23.0 Å². The second-order valence-electron chi connectivity index (χ2n) is 8.13. The van der Waals surface area contributed by atoms with Crippen molar-refractivity contribution >= 4 is 22.5 Å². The number of para-hydroxylation sites is 1. The van der Waals surface area contributed by atoms with E-state index in [0.29, 0.717) is 40.2 Å². The van der Waals surface area contributed by atoms with E-state index in [2.05, 4.69) is 20.3 Å². The van der Waals surface area contributed by atoms with Gasteiger partial charge in [-0.15, -0.1) is 0 Å². The highest BCUT2D eigenvalue weighted by Crippen LogP contribution is 2.36. The van der Waals surface area contributed by atoms with Crippen LogP contribution >= 0.6 is 0 Å². The van der Waals surface area contributed by atoms with Gasteiger partial charge in [0.25, 0.3) is 0 Å². The largest absolute Gasteiger partial charge is 0.479 e. The van der Waals surface area contributed by atoms with E-state index in [1.165, 1.54) is 7.11 Å². The Bertz CT molecular complexity index is 1590. The first-order valence-corrected chi connectivity index (χ1v) is 10.8. The molecule has 0 aliphatic heterocycles. The molecule has 0 aliphatic carbocycles. The fourth-order valence-corrected chi connectivity index (χ4v) is 3.97. The van der Waals surface area contributed by atoms with Crippen molar-refractivity contribution in [1.82, 2.24) is 24.1 Å². The van der Waals surface area contributed by atoms with Crippen LogP contribution in [0.1, 0.15) is 11.3 Å². The quantitative estimate of drug-likeness (QED) is 0.301. The van der Waals surface area contributed by atoms with E-state index in [1.807, 2.05) is 19.2 Å². The Labute approximate surface area is 203 Å². The summed E-state index contributed by atoms with van der Waals surface area (Å²) in [6.07, 6.45) is -1.10. The Morgan fingerprint density at radius 1 is 1.03 bits per heavy atom. The third-order valence-corrected chi connectivity index (χ3v) is 5.73. The fourth-order valence-electron chi connectivity index (χ4n) is 3.97. The van der Waals surface area contributed by atoms with Gasteiger partial charge in [-0.2, -0.15) is 18.2 Å². The van der Waals surface area contributed by atoms with Crippen molar-refractivity contribution in [3.63, 3.8) is 0 Å². The van der Waals surface area contributed by atoms with Gasteiger partial charge in [-0.05, 0) is 49.4 Å². The third-order valence-electron chi connectivity index (χ3n) is 5.73. The van der Waals surface area contributed by atoms with Gasteiger partial charge < -0.3 is 19.2 Å². The summed E-state index contributed by atoms with van der Waals surface area (Å²) in [4.78, 5) is 13.2. The van der Waals surface area contributed by atoms with Crippen LogP contribution in [0.4, 0.5) is 29.1 Å². The standard InChI is InChI=1S/C25H20F4N6O/c1-14-12-35(13-30-14)20-9-10-21(32-24(20)36-3)31-18-5-4-6-19-22(18)33-23(34(19)2)16-11-15(25(27,28)29)7-8-17(16)26/h4-13H,1-3H3,(H,31,32). The highest BCUT2D eigenvalue weighted by Gasteiger charge is 2.32. The number of aryl methyl sites for hydroxylation is 2. The minimum absolute atomic E-state index is 0.0687. The van der Waals surface area contributed by atoms with Gasteiger partial charge in [0.2, 0.25) is 5.88 Å². The Hall–Kier alpha value is -4.41. The number of nitrogens with one attached hydrogen (secondary N) is 1. The molecule has 0 fully saturated rings. The molecule has 3 aromatic heterocycles. The molecule has 0 unspecified atom stereocenters. The lowest BCUT2D eigenvalue weighted by atomic mass is 10.1. The maximum Gasteiger partial charge on any atom is 0.416 e. The number of nitrogens with zero attached hydrogens (tertiary/aromatic N) is 5. The highest BCUT2D eigenvalue weighted by molar-refractivity contribution is 5.92. The lowest BCUT2D eigenvalue weighted by Gasteiger charge is -2.11. The zero-order valence-corrected chi connectivity index (χ0v) is 19.4. The Kier molecular flexibility index (Phi) is 5.62. The molecule has 0 radical (unpaired) electrons. The second kappa shape index (κ2) is 8.67. The van der Waals surface area contributed by atoms with Gasteiger partial charge in [-0.25, -0.2) is 14.4 Å². The van der Waals surface area contributed by atoms with Crippen LogP contribution in [0.15, 0.2) is 61.1 Å². The predicted molar refractivity (Wildman–Crippen MR) is 127 cm³/mol. The SMILES string of the molecule is COc1nc(Nc2cccc3c2nc(-c2cc(C(F)(F)F)ccc2F)n3C)ccc1-n1cnc(C)c1. The van der Waals surface area contributed by atoms with Gasteiger partial charge in [0, 0.05) is 13.2 Å². The first-order valence-electron chi connectivity index (χ1n) is 10.8. The topological polar surface area (TPSA) is 69.8 Å². The lowest BCUT2D eigenvalue weighted by Crippen LogP contribution is -2.06. The smallest absolute Gasteiger partial charge is 0.416 e. The number of aromatic nitrogens is 5. The molecule has 0 amide bonds. The molecule has 11 heteroatoms. The van der Waals surface area contributed by atoms with Gasteiger partial charge in [0.05, 0.1) is 41.5 Å². The van der Waals surface area contributed by atoms with E-state index < -0.39 is 17.6 Å². The summed E-state index contributed by atoms with van der Waals surface area (Å²) in [5, 5.41) is 3.18. The number of alkyl halides is 3. The highest BCUT2D eigenvalue weighted by atomic mass is 19.4. The van der Waals surface area contributed by atoms with Gasteiger partial charge in [-0.1, -0.05) is 6.07 Å². The number of anilines is 2. The van der Waals surface area contributed by atoms with Crippen LogP contribution in [0.3, 0.4) is 0 Å². The van der Waals surface area contributed by atoms with Crippen LogP contribution in [-0.4, -0.2) is 31.2 Å². The molecule has 184 valence electrons. The zero-order valence-electron chi connectivity index (χ0n) is 19.4. The van der Waals surface area contributed by atoms with Crippen molar-refractivity contribution in [1.29, 1.82) is 0 Å². The van der Waals surface area contributed by atoms with Crippen LogP contribution in [0.2, 0.25) is 0 Å². The molecule has 5 rings (SSSR count). The monoisotopic (exact) mass is 496 g/mol. The van der Waals surface area contributed by atoms with Crippen molar-refractivity contribution < 1.29 is 22.3 Å². The Morgan fingerprint density at radius 3 is 2.53 bits per heavy atom. The molecule has 2 aromatic carbocycles. The number of hydrogen-bond donors (Lipinski definition) is 1. The number of rotatable bonds is 5. The molecular weight excluding hydrogens is 476 g/mol. The minimum Gasteiger partial charge on any atom is -0.479 e. The number of methoxy groups -OCH3 is 1. The average Bonchev–Trinajstić information content (AvgIpc) is 3.42. The van der Waals surface area contributed by atoms with Gasteiger partial charge in [0.15, 0.2) is 0 Å². The number of halogens is 4. The summed E-state index contributed by atoms with van der Waals surface area (Å²) in [6.45, 7) is 1.87. The molecule has 7 nitrogen and oxygen atoms in total. The van der Waals surface area contributed by atoms with E-state index in [4.69, 9.17) is 4.74 Å². The zero-order chi connectivity index (χ0) is 25.6. The molecule has 1 N–H and O–H groups in total.